The number of cyclic esters (lactones) is 1. The summed E-state index contributed by atoms with van der Waals surface area (Å²) in [4.78, 5) is 107. The molecule has 2 aromatic rings. The second-order valence-corrected chi connectivity index (χ2v) is 17.3. The predicted octanol–water partition coefficient (Wildman–Crippen LogP) is 2.87. The van der Waals surface area contributed by atoms with Gasteiger partial charge in [0.2, 0.25) is 29.5 Å². The maximum absolute atomic E-state index is 14.5. The molecule has 0 saturated carbocycles. The van der Waals surface area contributed by atoms with E-state index in [4.69, 9.17) is 4.74 Å². The molecule has 4 saturated heterocycles. The lowest BCUT2D eigenvalue weighted by Crippen LogP contribution is -2.60. The average Bonchev–Trinajstić information content (AvgIpc) is 4.02. The molecule has 0 aliphatic carbocycles. The highest BCUT2D eigenvalue weighted by Gasteiger charge is 2.47. The van der Waals surface area contributed by atoms with Gasteiger partial charge in [0.25, 0.3) is 5.91 Å². The van der Waals surface area contributed by atoms with Crippen LogP contribution in [-0.2, 0) is 51.1 Å². The Morgan fingerprint density at radius 1 is 0.610 bits per heavy atom. The van der Waals surface area contributed by atoms with Crippen molar-refractivity contribution in [3.8, 4) is 0 Å². The maximum Gasteiger partial charge on any atom is 0.329 e. The number of carbonyl (C=O) groups is 7. The van der Waals surface area contributed by atoms with Gasteiger partial charge in [-0.15, -0.1) is 0 Å². The molecule has 59 heavy (non-hydrogen) atoms. The van der Waals surface area contributed by atoms with E-state index in [1.54, 1.807) is 0 Å². The summed E-state index contributed by atoms with van der Waals surface area (Å²) >= 11 is 0. The normalized spacial score (nSPS) is 28.0. The third kappa shape index (κ3) is 9.96. The van der Waals surface area contributed by atoms with Crippen molar-refractivity contribution in [2.45, 2.75) is 128 Å². The standard InChI is InChI=1S/C45H60N6O8/c1-28(2)25-37-43(56)50-23-14-21-35(50)42(55)49-22-12-19-33(49)40(53)46-32(26-30-15-8-6-9-16-30)39(52)47-38(29(3)4)44(57)51-24-13-20-34(51)41(54)48(5)36(45(58)59-37)27-31-17-10-7-11-18-31/h6-11,15-18,28-29,32-38H,12-14,19-27H2,1-5H3,(H,46,53)(H,47,52)/t32-,33-,34-,35-,36-,37-,38-/m0/s1. The quantitative estimate of drug-likeness (QED) is 0.403. The van der Waals surface area contributed by atoms with Gasteiger partial charge in [-0.2, -0.15) is 0 Å². The van der Waals surface area contributed by atoms with E-state index in [1.165, 1.54) is 26.6 Å². The van der Waals surface area contributed by atoms with Gasteiger partial charge in [0, 0.05) is 39.5 Å². The molecular weight excluding hydrogens is 753 g/mol. The van der Waals surface area contributed by atoms with Crippen LogP contribution in [0.25, 0.3) is 0 Å². The maximum atomic E-state index is 14.5. The Morgan fingerprint density at radius 3 is 1.68 bits per heavy atom. The van der Waals surface area contributed by atoms with E-state index in [-0.39, 0.29) is 50.1 Å². The van der Waals surface area contributed by atoms with Gasteiger partial charge in [0.15, 0.2) is 6.10 Å². The molecule has 0 radical (unpaired) electrons. The van der Waals surface area contributed by atoms with Crippen molar-refractivity contribution in [2.24, 2.45) is 11.8 Å². The number of hydrogen-bond donors (Lipinski definition) is 2. The number of esters is 1. The van der Waals surface area contributed by atoms with Gasteiger partial charge < -0.3 is 35.0 Å². The van der Waals surface area contributed by atoms with Crippen molar-refractivity contribution < 1.29 is 38.3 Å². The number of fused-ring (bicyclic) bond motifs is 3. The van der Waals surface area contributed by atoms with E-state index in [2.05, 4.69) is 10.6 Å². The Bertz CT molecular complexity index is 1860. The summed E-state index contributed by atoms with van der Waals surface area (Å²) in [6, 6.07) is 12.5. The SMILES string of the molecule is CC(C)C[C@@H]1OC(=O)[C@H](Cc2ccccc2)N(C)C(=O)[C@@H]2CCCN2C(=O)[C@H](C(C)C)NC(=O)[C@H](Cc2ccccc2)NC(=O)[C@@H]2CCCN2C(=O)[C@@H]2CCCN2C1=O. The summed E-state index contributed by atoms with van der Waals surface area (Å²) < 4.78 is 6.14. The van der Waals surface area contributed by atoms with Crippen LogP contribution in [0.1, 0.15) is 83.8 Å². The number of amides is 6. The van der Waals surface area contributed by atoms with E-state index in [1.807, 2.05) is 88.4 Å². The highest BCUT2D eigenvalue weighted by molar-refractivity contribution is 5.98. The smallest absolute Gasteiger partial charge is 0.329 e. The minimum absolute atomic E-state index is 0.0614. The van der Waals surface area contributed by atoms with E-state index in [0.29, 0.717) is 45.1 Å². The molecule has 0 unspecified atom stereocenters. The fourth-order valence-corrected chi connectivity index (χ4v) is 8.98. The fourth-order valence-electron chi connectivity index (χ4n) is 8.98. The number of ether oxygens (including phenoxy) is 1. The molecule has 14 heteroatoms. The second kappa shape index (κ2) is 19.2. The van der Waals surface area contributed by atoms with E-state index in [0.717, 1.165) is 11.1 Å². The van der Waals surface area contributed by atoms with Crippen molar-refractivity contribution >= 4 is 41.4 Å². The number of nitrogens with one attached hydrogen (secondary N) is 2. The third-order valence-corrected chi connectivity index (χ3v) is 12.2. The van der Waals surface area contributed by atoms with Crippen LogP contribution >= 0.6 is 0 Å². The molecule has 2 N–H and O–H groups in total. The number of likely N-dealkylation sites (N-methyl/N-ethyl adjacent to an activating group) is 1. The zero-order valence-corrected chi connectivity index (χ0v) is 35.0. The highest BCUT2D eigenvalue weighted by Crippen LogP contribution is 2.29. The number of carbonyl (C=O) groups excluding carboxylic acids is 7. The van der Waals surface area contributed by atoms with Crippen molar-refractivity contribution in [1.82, 2.24) is 30.2 Å². The molecule has 2 aromatic carbocycles. The van der Waals surface area contributed by atoms with Gasteiger partial charge in [-0.3, -0.25) is 28.8 Å². The summed E-state index contributed by atoms with van der Waals surface area (Å²) in [5.41, 5.74) is 1.56. The van der Waals surface area contributed by atoms with Gasteiger partial charge in [0.05, 0.1) is 0 Å². The van der Waals surface area contributed by atoms with Crippen molar-refractivity contribution in [1.29, 1.82) is 0 Å². The van der Waals surface area contributed by atoms with E-state index in [9.17, 15) is 33.6 Å². The molecule has 318 valence electrons. The number of rotatable bonds is 7. The number of nitrogens with zero attached hydrogens (tertiary/aromatic N) is 4. The minimum Gasteiger partial charge on any atom is -0.451 e. The lowest BCUT2D eigenvalue weighted by Gasteiger charge is -2.35. The first-order valence-electron chi connectivity index (χ1n) is 21.3. The van der Waals surface area contributed by atoms with Gasteiger partial charge in [-0.25, -0.2) is 4.79 Å². The molecule has 6 amide bonds. The van der Waals surface area contributed by atoms with Crippen molar-refractivity contribution in [3.63, 3.8) is 0 Å². The minimum atomic E-state index is -1.23. The first-order chi connectivity index (χ1) is 28.2. The van der Waals surface area contributed by atoms with Crippen LogP contribution in [0.15, 0.2) is 60.7 Å². The predicted molar refractivity (Wildman–Crippen MR) is 219 cm³/mol. The number of benzene rings is 2. The molecule has 4 aliphatic heterocycles. The fraction of sp³-hybridized carbons (Fsp3) is 0.578. The first kappa shape index (κ1) is 43.3. The van der Waals surface area contributed by atoms with Gasteiger partial charge in [-0.1, -0.05) is 88.4 Å². The van der Waals surface area contributed by atoms with Gasteiger partial charge >= 0.3 is 5.97 Å². The third-order valence-electron chi connectivity index (χ3n) is 12.2. The van der Waals surface area contributed by atoms with Crippen LogP contribution < -0.4 is 10.6 Å². The van der Waals surface area contributed by atoms with Crippen LogP contribution in [0.2, 0.25) is 0 Å². The molecule has 0 bridgehead atoms. The van der Waals surface area contributed by atoms with Crippen molar-refractivity contribution in [2.75, 3.05) is 26.7 Å². The Labute approximate surface area is 347 Å². The monoisotopic (exact) mass is 812 g/mol. The topological polar surface area (TPSA) is 166 Å². The second-order valence-electron chi connectivity index (χ2n) is 17.3. The van der Waals surface area contributed by atoms with Gasteiger partial charge in [-0.05, 0) is 67.9 Å². The number of hydrogen-bond acceptors (Lipinski definition) is 8. The molecule has 0 aromatic heterocycles. The highest BCUT2D eigenvalue weighted by atomic mass is 16.6. The van der Waals surface area contributed by atoms with Crippen LogP contribution in [0.5, 0.6) is 0 Å². The molecule has 4 heterocycles. The van der Waals surface area contributed by atoms with E-state index < -0.39 is 77.9 Å². The van der Waals surface area contributed by atoms with Crippen LogP contribution in [0, 0.1) is 11.8 Å². The summed E-state index contributed by atoms with van der Waals surface area (Å²) in [7, 11) is 1.52. The first-order valence-corrected chi connectivity index (χ1v) is 21.3. The lowest BCUT2D eigenvalue weighted by molar-refractivity contribution is -0.169. The molecule has 4 aliphatic rings. The Balaban J connectivity index is 1.40. The molecule has 4 fully saturated rings. The summed E-state index contributed by atoms with van der Waals surface area (Å²) in [6.07, 6.45) is 1.95. The largest absolute Gasteiger partial charge is 0.451 e. The van der Waals surface area contributed by atoms with Gasteiger partial charge in [0.1, 0.15) is 36.3 Å². The zero-order valence-electron chi connectivity index (χ0n) is 35.0. The molecule has 14 nitrogen and oxygen atoms in total. The summed E-state index contributed by atoms with van der Waals surface area (Å²) in [5, 5.41) is 5.86. The van der Waals surface area contributed by atoms with Crippen molar-refractivity contribution in [3.05, 3.63) is 71.8 Å². The van der Waals surface area contributed by atoms with Crippen LogP contribution in [0.4, 0.5) is 0 Å². The molecular formula is C45H60N6O8. The molecule has 6 rings (SSSR count). The summed E-state index contributed by atoms with van der Waals surface area (Å²) in [5.74, 6) is -4.02. The molecule has 7 atom stereocenters. The Hall–Kier alpha value is -5.27. The van der Waals surface area contributed by atoms with Crippen LogP contribution in [0.3, 0.4) is 0 Å². The lowest BCUT2D eigenvalue weighted by atomic mass is 9.99. The zero-order chi connectivity index (χ0) is 42.4. The van der Waals surface area contributed by atoms with Crippen LogP contribution in [-0.4, -0.2) is 130 Å². The molecule has 0 spiro atoms. The van der Waals surface area contributed by atoms with E-state index >= 15 is 0 Å². The summed E-state index contributed by atoms with van der Waals surface area (Å²) in [6.45, 7) is 8.30. The Morgan fingerprint density at radius 2 is 1.12 bits per heavy atom. The average molecular weight is 813 g/mol. The Kier molecular flexibility index (Phi) is 14.1.